The first kappa shape index (κ1) is 4.62. The topological polar surface area (TPSA) is 0 Å². The molecule has 34 valence electrons. The van der Waals surface area contributed by atoms with E-state index in [1.807, 2.05) is 0 Å². The molecular weight excluding hydrogens is 187 g/mol. The van der Waals surface area contributed by atoms with Crippen LogP contribution in [-0.2, 0) is 0 Å². The predicted octanol–water partition coefficient (Wildman–Crippen LogP) is -1.76. The highest BCUT2D eigenvalue weighted by molar-refractivity contribution is 4.81. The highest BCUT2D eigenvalue weighted by Gasteiger charge is 2.14. The van der Waals surface area contributed by atoms with Gasteiger partial charge in [-0.05, 0) is 6.08 Å². The van der Waals surface area contributed by atoms with Gasteiger partial charge in [-0.3, -0.25) is 0 Å². The van der Waals surface area contributed by atoms with Crippen molar-refractivity contribution in [1.29, 1.82) is 0 Å². The standard InChI is InChI=1S/C5H8I/c1-5-2-3-6-4-5/h2-3,5H,4H2,1H3/q+1. The summed E-state index contributed by atoms with van der Waals surface area (Å²) >= 11 is 0.521. The van der Waals surface area contributed by atoms with Gasteiger partial charge in [0.15, 0.2) is 4.43 Å². The molecule has 1 heteroatoms. The predicted molar refractivity (Wildman–Crippen MR) is 23.2 cm³/mol. The molecule has 0 fully saturated rings. The van der Waals surface area contributed by atoms with Crippen LogP contribution in [-0.4, -0.2) is 4.43 Å². The van der Waals surface area contributed by atoms with Crippen LogP contribution in [0.15, 0.2) is 10.2 Å². The van der Waals surface area contributed by atoms with Gasteiger partial charge in [0.1, 0.15) is 4.08 Å². The second-order valence-electron chi connectivity index (χ2n) is 1.60. The van der Waals surface area contributed by atoms with E-state index in [9.17, 15) is 0 Å². The third-order valence-corrected chi connectivity index (χ3v) is 3.64. The second kappa shape index (κ2) is 1.96. The zero-order chi connectivity index (χ0) is 4.41. The third-order valence-electron chi connectivity index (χ3n) is 0.823. The van der Waals surface area contributed by atoms with E-state index in [0.29, 0.717) is 21.2 Å². The SMILES string of the molecule is CC1C=C[I+]C1. The van der Waals surface area contributed by atoms with Crippen molar-refractivity contribution in [2.45, 2.75) is 6.92 Å². The van der Waals surface area contributed by atoms with Crippen LogP contribution in [0.3, 0.4) is 0 Å². The van der Waals surface area contributed by atoms with Crippen LogP contribution in [0.5, 0.6) is 0 Å². The minimum atomic E-state index is 0.521. The number of hydrogen-bond acceptors (Lipinski definition) is 0. The summed E-state index contributed by atoms with van der Waals surface area (Å²) in [7, 11) is 0. The van der Waals surface area contributed by atoms with E-state index in [2.05, 4.69) is 17.1 Å². The lowest BCUT2D eigenvalue weighted by atomic mass is 10.2. The minimum absolute atomic E-state index is 0.521. The Kier molecular flexibility index (Phi) is 1.51. The van der Waals surface area contributed by atoms with Crippen LogP contribution < -0.4 is 21.2 Å². The fourth-order valence-corrected chi connectivity index (χ4v) is 2.81. The van der Waals surface area contributed by atoms with E-state index >= 15 is 0 Å². The Morgan fingerprint density at radius 1 is 1.83 bits per heavy atom. The molecule has 0 aromatic rings. The van der Waals surface area contributed by atoms with Crippen molar-refractivity contribution >= 4 is 0 Å². The molecule has 0 aromatic carbocycles. The van der Waals surface area contributed by atoms with Gasteiger partial charge in [0.25, 0.3) is 0 Å². The molecule has 0 bridgehead atoms. The summed E-state index contributed by atoms with van der Waals surface area (Å²) in [6, 6.07) is 0. The molecule has 1 heterocycles. The van der Waals surface area contributed by atoms with Gasteiger partial charge in [0.05, 0.1) is 0 Å². The van der Waals surface area contributed by atoms with Crippen molar-refractivity contribution in [3.05, 3.63) is 10.2 Å². The Labute approximate surface area is 48.9 Å². The van der Waals surface area contributed by atoms with E-state index in [0.717, 1.165) is 5.92 Å². The third kappa shape index (κ3) is 0.965. The van der Waals surface area contributed by atoms with Crippen molar-refractivity contribution in [3.8, 4) is 0 Å². The van der Waals surface area contributed by atoms with E-state index < -0.39 is 0 Å². The zero-order valence-electron chi connectivity index (χ0n) is 3.82. The summed E-state index contributed by atoms with van der Waals surface area (Å²) in [6.45, 7) is 2.28. The highest BCUT2D eigenvalue weighted by Crippen LogP contribution is 1.89. The van der Waals surface area contributed by atoms with Crippen molar-refractivity contribution in [1.82, 2.24) is 0 Å². The minimum Gasteiger partial charge on any atom is -0.0548 e. The molecule has 0 aliphatic carbocycles. The molecule has 0 saturated carbocycles. The van der Waals surface area contributed by atoms with Gasteiger partial charge in [0, 0.05) is 5.92 Å². The number of allylic oxidation sites excluding steroid dienone is 1. The maximum Gasteiger partial charge on any atom is 0.305 e. The summed E-state index contributed by atoms with van der Waals surface area (Å²) in [6.07, 6.45) is 2.33. The van der Waals surface area contributed by atoms with E-state index in [1.165, 1.54) is 4.43 Å². The molecule has 0 radical (unpaired) electrons. The maximum absolute atomic E-state index is 2.36. The molecule has 1 rings (SSSR count). The molecule has 0 aromatic heterocycles. The molecule has 0 saturated heterocycles. The monoisotopic (exact) mass is 195 g/mol. The van der Waals surface area contributed by atoms with Gasteiger partial charge < -0.3 is 0 Å². The molecule has 0 nitrogen and oxygen atoms in total. The van der Waals surface area contributed by atoms with Gasteiger partial charge in [-0.25, -0.2) is 0 Å². The molecule has 0 amide bonds. The summed E-state index contributed by atoms with van der Waals surface area (Å²) < 4.78 is 3.85. The van der Waals surface area contributed by atoms with Crippen LogP contribution in [0.1, 0.15) is 6.92 Å². The molecule has 1 aliphatic rings. The van der Waals surface area contributed by atoms with E-state index in [4.69, 9.17) is 0 Å². The van der Waals surface area contributed by atoms with Crippen molar-refractivity contribution in [2.24, 2.45) is 5.92 Å². The second-order valence-corrected chi connectivity index (χ2v) is 4.09. The fraction of sp³-hybridized carbons (Fsp3) is 0.600. The average molecular weight is 195 g/mol. The largest absolute Gasteiger partial charge is 0.305 e. The van der Waals surface area contributed by atoms with E-state index in [1.54, 1.807) is 0 Å². The normalized spacial score (nSPS) is 31.8. The Hall–Kier alpha value is 0.470. The Balaban J connectivity index is 2.38. The molecule has 6 heavy (non-hydrogen) atoms. The van der Waals surface area contributed by atoms with E-state index in [-0.39, 0.29) is 0 Å². The number of alkyl halides is 1. The quantitative estimate of drug-likeness (QED) is 0.317. The Morgan fingerprint density at radius 2 is 2.67 bits per heavy atom. The maximum atomic E-state index is 2.36. The van der Waals surface area contributed by atoms with Crippen molar-refractivity contribution in [3.63, 3.8) is 0 Å². The molecular formula is C5H8I+. The lowest BCUT2D eigenvalue weighted by Crippen LogP contribution is -3.59. The van der Waals surface area contributed by atoms with Crippen LogP contribution in [0.2, 0.25) is 0 Å². The molecule has 0 N–H and O–H groups in total. The lowest BCUT2D eigenvalue weighted by molar-refractivity contribution is -0.582. The van der Waals surface area contributed by atoms with Crippen molar-refractivity contribution < 1.29 is 21.2 Å². The van der Waals surface area contributed by atoms with Gasteiger partial charge in [-0.2, -0.15) is 0 Å². The average Bonchev–Trinajstić information content (AvgIpc) is 1.86. The van der Waals surface area contributed by atoms with Gasteiger partial charge in [-0.15, -0.1) is 0 Å². The summed E-state index contributed by atoms with van der Waals surface area (Å²) in [5.41, 5.74) is 0. The smallest absolute Gasteiger partial charge is 0.0548 e. The van der Waals surface area contributed by atoms with Crippen LogP contribution in [0.4, 0.5) is 0 Å². The first-order chi connectivity index (χ1) is 2.89. The molecule has 1 unspecified atom stereocenters. The number of halogens is 1. The first-order valence-electron chi connectivity index (χ1n) is 2.14. The summed E-state index contributed by atoms with van der Waals surface area (Å²) in [4.78, 5) is 0. The summed E-state index contributed by atoms with van der Waals surface area (Å²) in [5, 5.41) is 0. The van der Waals surface area contributed by atoms with Crippen LogP contribution in [0, 0.1) is 5.92 Å². The Morgan fingerprint density at radius 3 is 2.83 bits per heavy atom. The zero-order valence-corrected chi connectivity index (χ0v) is 5.97. The van der Waals surface area contributed by atoms with Crippen molar-refractivity contribution in [2.75, 3.05) is 4.43 Å². The fourth-order valence-electron chi connectivity index (χ4n) is 0.419. The molecule has 1 atom stereocenters. The van der Waals surface area contributed by atoms with Gasteiger partial charge in [0.2, 0.25) is 0 Å². The van der Waals surface area contributed by atoms with Gasteiger partial charge >= 0.3 is 21.2 Å². The molecule has 1 aliphatic heterocycles. The summed E-state index contributed by atoms with van der Waals surface area (Å²) in [5.74, 6) is 0.915. The number of hydrogen-bond donors (Lipinski definition) is 0. The van der Waals surface area contributed by atoms with Gasteiger partial charge in [-0.1, -0.05) is 6.92 Å². The Bertz CT molecular complexity index is 66.3. The van der Waals surface area contributed by atoms with Crippen LogP contribution >= 0.6 is 0 Å². The van der Waals surface area contributed by atoms with Crippen LogP contribution in [0.25, 0.3) is 0 Å². The first-order valence-corrected chi connectivity index (χ1v) is 4.91. The highest BCUT2D eigenvalue weighted by atomic mass is 127. The number of rotatable bonds is 0. The molecule has 0 spiro atoms. The lowest BCUT2D eigenvalue weighted by Gasteiger charge is -1.80.